The monoisotopic (exact) mass is 417 g/mol. The number of hydrogen-bond acceptors (Lipinski definition) is 7. The number of rotatable bonds is 6. The van der Waals surface area contributed by atoms with Crippen LogP contribution in [0.5, 0.6) is 0 Å². The van der Waals surface area contributed by atoms with E-state index < -0.39 is 0 Å². The van der Waals surface area contributed by atoms with Gasteiger partial charge in [-0.3, -0.25) is 9.20 Å². The molecule has 8 nitrogen and oxygen atoms in total. The van der Waals surface area contributed by atoms with Crippen molar-refractivity contribution in [3.05, 3.63) is 46.9 Å². The molecule has 4 aromatic rings. The smallest absolute Gasteiger partial charge is 0.230 e. The highest BCUT2D eigenvalue weighted by molar-refractivity contribution is 7.99. The zero-order valence-corrected chi connectivity index (χ0v) is 16.7. The van der Waals surface area contributed by atoms with Gasteiger partial charge < -0.3 is 5.32 Å². The van der Waals surface area contributed by atoms with Crippen LogP contribution in [0.25, 0.3) is 16.2 Å². The molecule has 28 heavy (non-hydrogen) atoms. The number of carbonyl (C=O) groups excluding carboxylic acids is 1. The molecule has 0 radical (unpaired) electrons. The summed E-state index contributed by atoms with van der Waals surface area (Å²) in [4.78, 5) is 18.6. The normalized spacial score (nSPS) is 11.2. The van der Waals surface area contributed by atoms with Crippen LogP contribution in [0, 0.1) is 12.7 Å². The van der Waals surface area contributed by atoms with E-state index in [1.54, 1.807) is 19.2 Å². The minimum absolute atomic E-state index is 0.0922. The third-order valence-corrected chi connectivity index (χ3v) is 6.32. The molecule has 0 aliphatic carbocycles. The number of hydrogen-bond donors (Lipinski definition) is 1. The van der Waals surface area contributed by atoms with E-state index in [2.05, 4.69) is 25.8 Å². The molecule has 0 aliphatic rings. The highest BCUT2D eigenvalue weighted by atomic mass is 32.2. The third-order valence-electron chi connectivity index (χ3n) is 4.15. The van der Waals surface area contributed by atoms with Gasteiger partial charge >= 0.3 is 0 Å². The Morgan fingerprint density at radius 3 is 2.79 bits per heavy atom. The van der Waals surface area contributed by atoms with Gasteiger partial charge in [-0.2, -0.15) is 0 Å². The second-order valence-corrected chi connectivity index (χ2v) is 8.05. The minimum atomic E-state index is -0.271. The highest BCUT2D eigenvalue weighted by Gasteiger charge is 2.14. The van der Waals surface area contributed by atoms with E-state index in [4.69, 9.17) is 0 Å². The summed E-state index contributed by atoms with van der Waals surface area (Å²) in [6.07, 6.45) is 1.93. The molecular formula is C17H16FN7OS2. The Bertz CT molecular complexity index is 1130. The van der Waals surface area contributed by atoms with Gasteiger partial charge in [0, 0.05) is 29.4 Å². The van der Waals surface area contributed by atoms with Crippen molar-refractivity contribution in [1.29, 1.82) is 0 Å². The maximum Gasteiger partial charge on any atom is 0.230 e. The van der Waals surface area contributed by atoms with E-state index in [1.165, 1.54) is 39.9 Å². The molecule has 1 aromatic carbocycles. The number of thiazole rings is 1. The fourth-order valence-corrected chi connectivity index (χ4v) is 4.34. The number of benzene rings is 1. The van der Waals surface area contributed by atoms with Crippen LogP contribution in [0.15, 0.2) is 35.6 Å². The zero-order valence-electron chi connectivity index (χ0n) is 15.1. The van der Waals surface area contributed by atoms with E-state index in [1.807, 2.05) is 17.5 Å². The lowest BCUT2D eigenvalue weighted by Gasteiger charge is -2.04. The van der Waals surface area contributed by atoms with Crippen molar-refractivity contribution in [3.63, 3.8) is 0 Å². The van der Waals surface area contributed by atoms with Crippen molar-refractivity contribution >= 4 is 34.0 Å². The fraction of sp³-hybridized carbons (Fsp3) is 0.235. The Labute approximate surface area is 167 Å². The standard InChI is InChI=1S/C17H16FN7OS2/c1-10-14(7-19-15(26)9-27-17-21-22-23-24(17)2)28-16-20-13(8-25(10)16)11-3-5-12(18)6-4-11/h3-6,8H,7,9H2,1-2H3,(H,19,26). The minimum Gasteiger partial charge on any atom is -0.350 e. The number of halogens is 1. The van der Waals surface area contributed by atoms with E-state index >= 15 is 0 Å². The summed E-state index contributed by atoms with van der Waals surface area (Å²) >= 11 is 2.80. The molecule has 0 bridgehead atoms. The number of carbonyl (C=O) groups is 1. The summed E-state index contributed by atoms with van der Waals surface area (Å²) in [6, 6.07) is 6.27. The molecule has 0 fully saturated rings. The predicted molar refractivity (Wildman–Crippen MR) is 105 cm³/mol. The Balaban J connectivity index is 1.41. The molecule has 1 N–H and O–H groups in total. The van der Waals surface area contributed by atoms with E-state index in [0.717, 1.165) is 26.8 Å². The molecule has 11 heteroatoms. The van der Waals surface area contributed by atoms with Crippen molar-refractivity contribution in [3.8, 4) is 11.3 Å². The van der Waals surface area contributed by atoms with Gasteiger partial charge in [-0.1, -0.05) is 23.1 Å². The molecule has 4 rings (SSSR count). The van der Waals surface area contributed by atoms with Gasteiger partial charge in [0.15, 0.2) is 4.96 Å². The summed E-state index contributed by atoms with van der Waals surface area (Å²) in [5.41, 5.74) is 2.67. The van der Waals surface area contributed by atoms with E-state index in [0.29, 0.717) is 11.7 Å². The van der Waals surface area contributed by atoms with Gasteiger partial charge in [0.05, 0.1) is 18.0 Å². The van der Waals surface area contributed by atoms with Crippen molar-refractivity contribution in [2.75, 3.05) is 5.75 Å². The number of aromatic nitrogens is 6. The largest absolute Gasteiger partial charge is 0.350 e. The second-order valence-electron chi connectivity index (χ2n) is 6.05. The molecule has 0 spiro atoms. The summed E-state index contributed by atoms with van der Waals surface area (Å²) in [5.74, 6) is -0.122. The van der Waals surface area contributed by atoms with Crippen LogP contribution in [0.2, 0.25) is 0 Å². The zero-order chi connectivity index (χ0) is 19.7. The number of aryl methyl sites for hydroxylation is 2. The van der Waals surface area contributed by atoms with Crippen LogP contribution in [-0.4, -0.2) is 41.3 Å². The van der Waals surface area contributed by atoms with E-state index in [9.17, 15) is 9.18 Å². The Morgan fingerprint density at radius 1 is 1.32 bits per heavy atom. The number of fused-ring (bicyclic) bond motifs is 1. The number of amides is 1. The first-order chi connectivity index (χ1) is 13.5. The number of tetrazole rings is 1. The first kappa shape index (κ1) is 18.6. The topological polar surface area (TPSA) is 90.0 Å². The van der Waals surface area contributed by atoms with E-state index in [-0.39, 0.29) is 17.5 Å². The summed E-state index contributed by atoms with van der Waals surface area (Å²) < 4.78 is 16.6. The quantitative estimate of drug-likeness (QED) is 0.485. The molecule has 0 saturated heterocycles. The summed E-state index contributed by atoms with van der Waals surface area (Å²) in [5, 5.41) is 14.6. The lowest BCUT2D eigenvalue weighted by atomic mass is 10.2. The Hall–Kier alpha value is -2.79. The van der Waals surface area contributed by atoms with Gasteiger partial charge in [0.1, 0.15) is 5.82 Å². The molecule has 1 amide bonds. The van der Waals surface area contributed by atoms with Crippen LogP contribution >= 0.6 is 23.1 Å². The van der Waals surface area contributed by atoms with Crippen LogP contribution in [0.1, 0.15) is 10.6 Å². The number of nitrogens with one attached hydrogen (secondary N) is 1. The average molecular weight is 417 g/mol. The molecule has 0 aliphatic heterocycles. The third kappa shape index (κ3) is 3.76. The van der Waals surface area contributed by atoms with Gasteiger partial charge in [0.25, 0.3) is 0 Å². The van der Waals surface area contributed by atoms with Gasteiger partial charge in [-0.15, -0.1) is 5.10 Å². The molecule has 0 unspecified atom stereocenters. The molecule has 144 valence electrons. The Morgan fingerprint density at radius 2 is 2.11 bits per heavy atom. The van der Waals surface area contributed by atoms with Crippen molar-refractivity contribution in [2.24, 2.45) is 7.05 Å². The summed E-state index contributed by atoms with van der Waals surface area (Å²) in [7, 11) is 1.73. The summed E-state index contributed by atoms with van der Waals surface area (Å²) in [6.45, 7) is 2.42. The maximum absolute atomic E-state index is 13.1. The van der Waals surface area contributed by atoms with Crippen molar-refractivity contribution in [2.45, 2.75) is 18.6 Å². The lowest BCUT2D eigenvalue weighted by Crippen LogP contribution is -2.24. The van der Waals surface area contributed by atoms with Gasteiger partial charge in [-0.25, -0.2) is 14.1 Å². The molecular weight excluding hydrogens is 401 g/mol. The van der Waals surface area contributed by atoms with Crippen LogP contribution < -0.4 is 5.32 Å². The first-order valence-corrected chi connectivity index (χ1v) is 10.2. The fourth-order valence-electron chi connectivity index (χ4n) is 2.62. The van der Waals surface area contributed by atoms with Gasteiger partial charge in [-0.05, 0) is 41.6 Å². The SMILES string of the molecule is Cc1c(CNC(=O)CSc2nnnn2C)sc2nc(-c3ccc(F)cc3)cn12. The number of imidazole rings is 1. The van der Waals surface area contributed by atoms with Crippen LogP contribution in [0.3, 0.4) is 0 Å². The molecule has 3 heterocycles. The predicted octanol–water partition coefficient (Wildman–Crippen LogP) is 2.44. The van der Waals surface area contributed by atoms with Crippen LogP contribution in [-0.2, 0) is 18.4 Å². The second kappa shape index (κ2) is 7.68. The highest BCUT2D eigenvalue weighted by Crippen LogP contribution is 2.27. The Kier molecular flexibility index (Phi) is 5.09. The van der Waals surface area contributed by atoms with Crippen LogP contribution in [0.4, 0.5) is 4.39 Å². The number of thioether (sulfide) groups is 1. The molecule has 0 atom stereocenters. The maximum atomic E-state index is 13.1. The number of nitrogens with zero attached hydrogens (tertiary/aromatic N) is 6. The molecule has 0 saturated carbocycles. The van der Waals surface area contributed by atoms with Crippen molar-refractivity contribution in [1.82, 2.24) is 34.9 Å². The average Bonchev–Trinajstić information content (AvgIpc) is 3.36. The van der Waals surface area contributed by atoms with Crippen molar-refractivity contribution < 1.29 is 9.18 Å². The lowest BCUT2D eigenvalue weighted by molar-refractivity contribution is -0.118. The molecule has 3 aromatic heterocycles. The van der Waals surface area contributed by atoms with Gasteiger partial charge in [0.2, 0.25) is 11.1 Å². The first-order valence-electron chi connectivity index (χ1n) is 8.36.